The van der Waals surface area contributed by atoms with Crippen molar-refractivity contribution in [2.24, 2.45) is 0 Å². The maximum absolute atomic E-state index is 11.0. The van der Waals surface area contributed by atoms with Gasteiger partial charge in [0.05, 0.1) is 6.54 Å². The smallest absolute Gasteiger partial charge is 0.221 e. The minimum absolute atomic E-state index is 0.0559. The van der Waals surface area contributed by atoms with Gasteiger partial charge >= 0.3 is 0 Å². The standard InChI is InChI=1S/C20H24N2O3/c1-14-12-20(25-11-10-21-15(2)23)9-6-18(14)13-17-4-7-19(8-5-17)22-16(3)24/h4-9,12H,10-11,13H2,1-3H3,(H,21,23)(H,22,24). The van der Waals surface area contributed by atoms with Gasteiger partial charge in [0.2, 0.25) is 11.8 Å². The second-order valence-electron chi connectivity index (χ2n) is 5.97. The highest BCUT2D eigenvalue weighted by atomic mass is 16.5. The van der Waals surface area contributed by atoms with E-state index in [1.54, 1.807) is 0 Å². The number of amides is 2. The molecule has 5 heteroatoms. The molecule has 0 radical (unpaired) electrons. The third kappa shape index (κ3) is 6.30. The van der Waals surface area contributed by atoms with Crippen LogP contribution in [0.5, 0.6) is 5.75 Å². The van der Waals surface area contributed by atoms with E-state index in [9.17, 15) is 9.59 Å². The highest BCUT2D eigenvalue weighted by Crippen LogP contribution is 2.21. The maximum atomic E-state index is 11.0. The molecule has 0 saturated carbocycles. The summed E-state index contributed by atoms with van der Waals surface area (Å²) >= 11 is 0. The second kappa shape index (κ2) is 8.87. The number of hydrogen-bond donors (Lipinski definition) is 2. The summed E-state index contributed by atoms with van der Waals surface area (Å²) in [6.45, 7) is 5.99. The van der Waals surface area contributed by atoms with Crippen molar-refractivity contribution in [3.05, 3.63) is 59.2 Å². The number of carbonyl (C=O) groups is 2. The van der Waals surface area contributed by atoms with E-state index in [4.69, 9.17) is 4.74 Å². The molecule has 5 nitrogen and oxygen atoms in total. The summed E-state index contributed by atoms with van der Waals surface area (Å²) in [5.41, 5.74) is 4.36. The summed E-state index contributed by atoms with van der Waals surface area (Å²) in [5, 5.41) is 5.46. The van der Waals surface area contributed by atoms with Gasteiger partial charge in [-0.15, -0.1) is 0 Å². The van der Waals surface area contributed by atoms with Crippen LogP contribution in [0.2, 0.25) is 0 Å². The molecule has 0 unspecified atom stereocenters. The molecule has 2 N–H and O–H groups in total. The number of aryl methyl sites for hydroxylation is 1. The van der Waals surface area contributed by atoms with Crippen molar-refractivity contribution in [2.45, 2.75) is 27.2 Å². The van der Waals surface area contributed by atoms with Gasteiger partial charge in [-0.05, 0) is 54.3 Å². The van der Waals surface area contributed by atoms with E-state index in [1.165, 1.54) is 25.0 Å². The van der Waals surface area contributed by atoms with Crippen molar-refractivity contribution in [3.8, 4) is 5.75 Å². The Labute approximate surface area is 148 Å². The molecule has 2 rings (SSSR count). The number of anilines is 1. The van der Waals surface area contributed by atoms with Crippen LogP contribution in [0.15, 0.2) is 42.5 Å². The van der Waals surface area contributed by atoms with E-state index in [0.717, 1.165) is 23.4 Å². The molecule has 0 fully saturated rings. The predicted octanol–water partition coefficient (Wildman–Crippen LogP) is 3.06. The fourth-order valence-electron chi connectivity index (χ4n) is 2.48. The molecular weight excluding hydrogens is 316 g/mol. The molecule has 0 aliphatic heterocycles. The Morgan fingerprint density at radius 2 is 1.72 bits per heavy atom. The normalized spacial score (nSPS) is 10.2. The third-order valence-electron chi connectivity index (χ3n) is 3.73. The number of ether oxygens (including phenoxy) is 1. The lowest BCUT2D eigenvalue weighted by atomic mass is 10.00. The van der Waals surface area contributed by atoms with Crippen molar-refractivity contribution in [3.63, 3.8) is 0 Å². The average Bonchev–Trinajstić information content (AvgIpc) is 2.55. The number of hydrogen-bond acceptors (Lipinski definition) is 3. The molecule has 0 spiro atoms. The van der Waals surface area contributed by atoms with Crippen LogP contribution >= 0.6 is 0 Å². The number of nitrogens with one attached hydrogen (secondary N) is 2. The summed E-state index contributed by atoms with van der Waals surface area (Å²) in [6, 6.07) is 13.9. The number of rotatable bonds is 7. The van der Waals surface area contributed by atoms with Crippen LogP contribution < -0.4 is 15.4 Å². The van der Waals surface area contributed by atoms with Gasteiger partial charge in [-0.25, -0.2) is 0 Å². The summed E-state index contributed by atoms with van der Waals surface area (Å²) < 4.78 is 5.64. The van der Waals surface area contributed by atoms with Crippen molar-refractivity contribution < 1.29 is 14.3 Å². The predicted molar refractivity (Wildman–Crippen MR) is 98.9 cm³/mol. The lowest BCUT2D eigenvalue weighted by Crippen LogP contribution is -2.25. The van der Waals surface area contributed by atoms with Gasteiger partial charge in [-0.1, -0.05) is 18.2 Å². The molecule has 132 valence electrons. The minimum atomic E-state index is -0.0716. The zero-order valence-corrected chi connectivity index (χ0v) is 14.9. The first kappa shape index (κ1) is 18.5. The molecule has 25 heavy (non-hydrogen) atoms. The van der Waals surface area contributed by atoms with Gasteiger partial charge in [0, 0.05) is 19.5 Å². The summed E-state index contributed by atoms with van der Waals surface area (Å²) in [7, 11) is 0. The minimum Gasteiger partial charge on any atom is -0.492 e. The Hall–Kier alpha value is -2.82. The first-order valence-electron chi connectivity index (χ1n) is 8.27. The Morgan fingerprint density at radius 1 is 1.00 bits per heavy atom. The van der Waals surface area contributed by atoms with E-state index in [-0.39, 0.29) is 11.8 Å². The van der Waals surface area contributed by atoms with Gasteiger partial charge in [-0.2, -0.15) is 0 Å². The Kier molecular flexibility index (Phi) is 6.57. The Balaban J connectivity index is 1.94. The van der Waals surface area contributed by atoms with E-state index >= 15 is 0 Å². The van der Waals surface area contributed by atoms with Gasteiger partial charge in [0.25, 0.3) is 0 Å². The maximum Gasteiger partial charge on any atom is 0.221 e. The topological polar surface area (TPSA) is 67.4 Å². The fourth-order valence-corrected chi connectivity index (χ4v) is 2.48. The fraction of sp³-hybridized carbons (Fsp3) is 0.300. The van der Waals surface area contributed by atoms with Crippen molar-refractivity contribution in [2.75, 3.05) is 18.5 Å². The Bertz CT molecular complexity index is 739. The van der Waals surface area contributed by atoms with Crippen LogP contribution in [-0.2, 0) is 16.0 Å². The van der Waals surface area contributed by atoms with E-state index in [0.29, 0.717) is 13.2 Å². The molecule has 0 aliphatic carbocycles. The van der Waals surface area contributed by atoms with Crippen molar-refractivity contribution in [1.82, 2.24) is 5.32 Å². The van der Waals surface area contributed by atoms with Crippen molar-refractivity contribution in [1.29, 1.82) is 0 Å². The molecule has 0 atom stereocenters. The van der Waals surface area contributed by atoms with Gasteiger partial charge in [-0.3, -0.25) is 9.59 Å². The molecule has 2 aromatic carbocycles. The van der Waals surface area contributed by atoms with Crippen LogP contribution in [0.25, 0.3) is 0 Å². The van der Waals surface area contributed by atoms with E-state index in [1.807, 2.05) is 36.4 Å². The molecule has 0 heterocycles. The zero-order chi connectivity index (χ0) is 18.2. The van der Waals surface area contributed by atoms with Crippen LogP contribution in [0.4, 0.5) is 5.69 Å². The SMILES string of the molecule is CC(=O)NCCOc1ccc(Cc2ccc(NC(C)=O)cc2)c(C)c1. The van der Waals surface area contributed by atoms with Gasteiger partial charge in [0.15, 0.2) is 0 Å². The summed E-state index contributed by atoms with van der Waals surface area (Å²) in [5.74, 6) is 0.671. The molecule has 2 amide bonds. The van der Waals surface area contributed by atoms with E-state index < -0.39 is 0 Å². The lowest BCUT2D eigenvalue weighted by molar-refractivity contribution is -0.119. The number of carbonyl (C=O) groups excluding carboxylic acids is 2. The molecule has 0 bridgehead atoms. The molecular formula is C20H24N2O3. The highest BCUT2D eigenvalue weighted by molar-refractivity contribution is 5.88. The monoisotopic (exact) mass is 340 g/mol. The largest absolute Gasteiger partial charge is 0.492 e. The zero-order valence-electron chi connectivity index (χ0n) is 14.9. The van der Waals surface area contributed by atoms with E-state index in [2.05, 4.69) is 23.6 Å². The second-order valence-corrected chi connectivity index (χ2v) is 5.97. The first-order chi connectivity index (χ1) is 11.9. The van der Waals surface area contributed by atoms with Crippen LogP contribution in [-0.4, -0.2) is 25.0 Å². The van der Waals surface area contributed by atoms with Gasteiger partial charge < -0.3 is 15.4 Å². The number of benzene rings is 2. The third-order valence-corrected chi connectivity index (χ3v) is 3.73. The summed E-state index contributed by atoms with van der Waals surface area (Å²) in [4.78, 5) is 21.9. The Morgan fingerprint density at radius 3 is 2.32 bits per heavy atom. The molecule has 0 aliphatic rings. The first-order valence-corrected chi connectivity index (χ1v) is 8.27. The van der Waals surface area contributed by atoms with Gasteiger partial charge in [0.1, 0.15) is 12.4 Å². The molecule has 2 aromatic rings. The lowest BCUT2D eigenvalue weighted by Gasteiger charge is -2.11. The summed E-state index contributed by atoms with van der Waals surface area (Å²) in [6.07, 6.45) is 0.818. The molecule has 0 aromatic heterocycles. The van der Waals surface area contributed by atoms with Crippen LogP contribution in [0.1, 0.15) is 30.5 Å². The van der Waals surface area contributed by atoms with Crippen LogP contribution in [0.3, 0.4) is 0 Å². The molecule has 0 saturated heterocycles. The average molecular weight is 340 g/mol. The van der Waals surface area contributed by atoms with Crippen LogP contribution in [0, 0.1) is 6.92 Å². The quantitative estimate of drug-likeness (QED) is 0.761. The highest BCUT2D eigenvalue weighted by Gasteiger charge is 2.04. The van der Waals surface area contributed by atoms with Crippen molar-refractivity contribution >= 4 is 17.5 Å².